The van der Waals surface area contributed by atoms with Crippen LogP contribution >= 0.6 is 23.2 Å². The second-order valence-corrected chi connectivity index (χ2v) is 5.83. The van der Waals surface area contributed by atoms with E-state index in [0.29, 0.717) is 22.0 Å². The molecule has 122 valence electrons. The molecular weight excluding hydrogens is 354 g/mol. The number of halogens is 3. The zero-order valence-electron chi connectivity index (χ0n) is 12.4. The SMILES string of the molecule is Cc1onc(-c2ccccc2Cl)c1C(=O)Nc1ccc(F)cc1Cl. The van der Waals surface area contributed by atoms with E-state index in [4.69, 9.17) is 27.7 Å². The van der Waals surface area contributed by atoms with E-state index in [2.05, 4.69) is 10.5 Å². The van der Waals surface area contributed by atoms with Crippen LogP contribution < -0.4 is 5.32 Å². The van der Waals surface area contributed by atoms with Crippen LogP contribution in [0.15, 0.2) is 47.0 Å². The number of hydrogen-bond donors (Lipinski definition) is 1. The fourth-order valence-electron chi connectivity index (χ4n) is 2.25. The van der Waals surface area contributed by atoms with Crippen LogP contribution in [0.3, 0.4) is 0 Å². The Morgan fingerprint density at radius 2 is 1.92 bits per heavy atom. The Labute approximate surface area is 147 Å². The van der Waals surface area contributed by atoms with Crippen molar-refractivity contribution in [1.29, 1.82) is 0 Å². The van der Waals surface area contributed by atoms with Crippen molar-refractivity contribution in [3.63, 3.8) is 0 Å². The van der Waals surface area contributed by atoms with Crippen molar-refractivity contribution in [1.82, 2.24) is 5.16 Å². The summed E-state index contributed by atoms with van der Waals surface area (Å²) in [6.45, 7) is 1.62. The summed E-state index contributed by atoms with van der Waals surface area (Å²) >= 11 is 12.1. The molecule has 7 heteroatoms. The maximum absolute atomic E-state index is 13.1. The predicted molar refractivity (Wildman–Crippen MR) is 91.0 cm³/mol. The molecule has 0 aliphatic heterocycles. The van der Waals surface area contributed by atoms with Crippen LogP contribution in [-0.4, -0.2) is 11.1 Å². The van der Waals surface area contributed by atoms with Gasteiger partial charge in [-0.05, 0) is 31.2 Å². The molecule has 0 atom stereocenters. The topological polar surface area (TPSA) is 55.1 Å². The van der Waals surface area contributed by atoms with Crippen molar-refractivity contribution in [2.75, 3.05) is 5.32 Å². The smallest absolute Gasteiger partial charge is 0.261 e. The number of aromatic nitrogens is 1. The van der Waals surface area contributed by atoms with Crippen LogP contribution in [0.25, 0.3) is 11.3 Å². The second-order valence-electron chi connectivity index (χ2n) is 5.02. The summed E-state index contributed by atoms with van der Waals surface area (Å²) in [6, 6.07) is 10.7. The van der Waals surface area contributed by atoms with Crippen LogP contribution in [0, 0.1) is 12.7 Å². The molecule has 24 heavy (non-hydrogen) atoms. The minimum Gasteiger partial charge on any atom is -0.360 e. The van der Waals surface area contributed by atoms with E-state index >= 15 is 0 Å². The molecule has 1 amide bonds. The van der Waals surface area contributed by atoms with Gasteiger partial charge in [-0.1, -0.05) is 46.6 Å². The first-order valence-corrected chi connectivity index (χ1v) is 7.70. The molecule has 0 aliphatic rings. The summed E-state index contributed by atoms with van der Waals surface area (Å²) in [5.41, 5.74) is 1.43. The average molecular weight is 365 g/mol. The van der Waals surface area contributed by atoms with Gasteiger partial charge in [0.25, 0.3) is 5.91 Å². The van der Waals surface area contributed by atoms with Gasteiger partial charge in [0.05, 0.1) is 15.7 Å². The molecule has 0 saturated carbocycles. The second kappa shape index (κ2) is 6.63. The molecule has 3 rings (SSSR count). The van der Waals surface area contributed by atoms with E-state index in [9.17, 15) is 9.18 Å². The monoisotopic (exact) mass is 364 g/mol. The number of benzene rings is 2. The zero-order chi connectivity index (χ0) is 17.3. The third-order valence-electron chi connectivity index (χ3n) is 3.40. The summed E-state index contributed by atoms with van der Waals surface area (Å²) in [7, 11) is 0. The number of nitrogens with one attached hydrogen (secondary N) is 1. The number of aryl methyl sites for hydroxylation is 1. The lowest BCUT2D eigenvalue weighted by atomic mass is 10.1. The van der Waals surface area contributed by atoms with Gasteiger partial charge in [0.2, 0.25) is 0 Å². The number of amides is 1. The highest BCUT2D eigenvalue weighted by Gasteiger charge is 2.23. The minimum absolute atomic E-state index is 0.0942. The van der Waals surface area contributed by atoms with Gasteiger partial charge < -0.3 is 9.84 Å². The minimum atomic E-state index is -0.490. The number of carbonyl (C=O) groups excluding carboxylic acids is 1. The predicted octanol–water partition coefficient (Wildman–Crippen LogP) is 5.35. The molecule has 0 bridgehead atoms. The van der Waals surface area contributed by atoms with Gasteiger partial charge in [-0.15, -0.1) is 0 Å². The van der Waals surface area contributed by atoms with Gasteiger partial charge in [-0.3, -0.25) is 4.79 Å². The number of rotatable bonds is 3. The number of anilines is 1. The van der Waals surface area contributed by atoms with E-state index in [1.807, 2.05) is 0 Å². The first-order valence-electron chi connectivity index (χ1n) is 6.95. The number of nitrogens with zero attached hydrogens (tertiary/aromatic N) is 1. The molecule has 3 aromatic rings. The molecule has 0 fully saturated rings. The molecule has 0 radical (unpaired) electrons. The van der Waals surface area contributed by atoms with E-state index in [1.165, 1.54) is 12.1 Å². The molecule has 1 N–H and O–H groups in total. The molecule has 0 saturated heterocycles. The number of carbonyl (C=O) groups is 1. The van der Waals surface area contributed by atoms with Crippen molar-refractivity contribution in [2.24, 2.45) is 0 Å². The largest absolute Gasteiger partial charge is 0.360 e. The van der Waals surface area contributed by atoms with Gasteiger partial charge in [-0.25, -0.2) is 4.39 Å². The average Bonchev–Trinajstić information content (AvgIpc) is 2.92. The summed E-state index contributed by atoms with van der Waals surface area (Å²) in [5, 5.41) is 7.10. The molecule has 2 aromatic carbocycles. The summed E-state index contributed by atoms with van der Waals surface area (Å²) in [4.78, 5) is 12.6. The maximum Gasteiger partial charge on any atom is 0.261 e. The fraction of sp³-hybridized carbons (Fsp3) is 0.0588. The van der Waals surface area contributed by atoms with Crippen LogP contribution in [0.4, 0.5) is 10.1 Å². The Morgan fingerprint density at radius 3 is 2.62 bits per heavy atom. The van der Waals surface area contributed by atoms with Crippen LogP contribution in [0.5, 0.6) is 0 Å². The molecule has 1 heterocycles. The van der Waals surface area contributed by atoms with Gasteiger partial charge in [0.15, 0.2) is 0 Å². The Bertz CT molecular complexity index is 925. The van der Waals surface area contributed by atoms with E-state index in [0.717, 1.165) is 6.07 Å². The Hall–Kier alpha value is -2.37. The first-order chi connectivity index (χ1) is 11.5. The Kier molecular flexibility index (Phi) is 4.55. The van der Waals surface area contributed by atoms with Crippen molar-refractivity contribution in [2.45, 2.75) is 6.92 Å². The molecular formula is C17H11Cl2FN2O2. The lowest BCUT2D eigenvalue weighted by Gasteiger charge is -2.08. The van der Waals surface area contributed by atoms with Crippen LogP contribution in [-0.2, 0) is 0 Å². The van der Waals surface area contributed by atoms with Crippen LogP contribution in [0.2, 0.25) is 10.0 Å². The van der Waals surface area contributed by atoms with Gasteiger partial charge in [0, 0.05) is 5.56 Å². The molecule has 0 unspecified atom stereocenters. The van der Waals surface area contributed by atoms with Gasteiger partial charge in [0.1, 0.15) is 22.8 Å². The molecule has 1 aromatic heterocycles. The van der Waals surface area contributed by atoms with Crippen molar-refractivity contribution < 1.29 is 13.7 Å². The van der Waals surface area contributed by atoms with E-state index in [1.54, 1.807) is 31.2 Å². The standard InChI is InChI=1S/C17H11Cl2FN2O2/c1-9-15(16(22-24-9)11-4-2-3-5-12(11)18)17(23)21-14-7-6-10(20)8-13(14)19/h2-8H,1H3,(H,21,23). The highest BCUT2D eigenvalue weighted by Crippen LogP contribution is 2.32. The lowest BCUT2D eigenvalue weighted by molar-refractivity contribution is 0.102. The summed E-state index contributed by atoms with van der Waals surface area (Å²) in [5.74, 6) is -0.631. The lowest BCUT2D eigenvalue weighted by Crippen LogP contribution is -2.14. The Morgan fingerprint density at radius 1 is 1.17 bits per heavy atom. The maximum atomic E-state index is 13.1. The molecule has 0 spiro atoms. The number of hydrogen-bond acceptors (Lipinski definition) is 3. The molecule has 0 aliphatic carbocycles. The van der Waals surface area contributed by atoms with Gasteiger partial charge in [-0.2, -0.15) is 0 Å². The summed E-state index contributed by atoms with van der Waals surface area (Å²) in [6.07, 6.45) is 0. The van der Waals surface area contributed by atoms with E-state index < -0.39 is 11.7 Å². The third kappa shape index (κ3) is 3.13. The van der Waals surface area contributed by atoms with Crippen molar-refractivity contribution in [3.8, 4) is 11.3 Å². The van der Waals surface area contributed by atoms with Crippen molar-refractivity contribution >= 4 is 34.8 Å². The van der Waals surface area contributed by atoms with Gasteiger partial charge >= 0.3 is 0 Å². The third-order valence-corrected chi connectivity index (χ3v) is 4.04. The first kappa shape index (κ1) is 16.5. The quantitative estimate of drug-likeness (QED) is 0.681. The van der Waals surface area contributed by atoms with Crippen molar-refractivity contribution in [3.05, 3.63) is 69.7 Å². The Balaban J connectivity index is 1.99. The van der Waals surface area contributed by atoms with E-state index in [-0.39, 0.29) is 16.3 Å². The summed E-state index contributed by atoms with van der Waals surface area (Å²) < 4.78 is 18.3. The highest BCUT2D eigenvalue weighted by atomic mass is 35.5. The normalized spacial score (nSPS) is 10.7. The van der Waals surface area contributed by atoms with Crippen LogP contribution in [0.1, 0.15) is 16.1 Å². The zero-order valence-corrected chi connectivity index (χ0v) is 14.0. The fourth-order valence-corrected chi connectivity index (χ4v) is 2.69. The highest BCUT2D eigenvalue weighted by molar-refractivity contribution is 6.34. The molecule has 4 nitrogen and oxygen atoms in total.